The normalized spacial score (nSPS) is 15.3. The average molecular weight is 479 g/mol. The number of nitrogens with zero attached hydrogens (tertiary/aromatic N) is 1. The third-order valence-electron chi connectivity index (χ3n) is 6.72. The number of nitrogens with one attached hydrogen (secondary N) is 1. The second-order valence-corrected chi connectivity index (χ2v) is 10.0. The van der Waals surface area contributed by atoms with Crippen LogP contribution in [0.5, 0.6) is 0 Å². The second-order valence-electron chi connectivity index (χ2n) is 10.0. The smallest absolute Gasteiger partial charge is 0.407 e. The molecule has 186 valence electrons. The number of fused-ring (bicyclic) bond motifs is 3. The van der Waals surface area contributed by atoms with Crippen molar-refractivity contribution in [3.63, 3.8) is 0 Å². The van der Waals surface area contributed by atoms with Gasteiger partial charge in [0.15, 0.2) is 0 Å². The minimum Gasteiger partial charge on any atom is -0.481 e. The van der Waals surface area contributed by atoms with Gasteiger partial charge in [0.1, 0.15) is 12.6 Å². The predicted octanol–water partition coefficient (Wildman–Crippen LogP) is 4.65. The van der Waals surface area contributed by atoms with Crippen LogP contribution in [0.25, 0.3) is 11.1 Å². The quantitative estimate of drug-likeness (QED) is 0.490. The molecule has 0 bridgehead atoms. The van der Waals surface area contributed by atoms with Gasteiger partial charge >= 0.3 is 12.1 Å². The second kappa shape index (κ2) is 10.9. The number of carbonyl (C=O) groups excluding carboxylic acids is 2. The Morgan fingerprint density at radius 1 is 1.03 bits per heavy atom. The molecule has 35 heavy (non-hydrogen) atoms. The lowest BCUT2D eigenvalue weighted by Gasteiger charge is -2.28. The van der Waals surface area contributed by atoms with Crippen LogP contribution >= 0.6 is 0 Å². The van der Waals surface area contributed by atoms with Gasteiger partial charge in [-0.3, -0.25) is 9.59 Å². The van der Waals surface area contributed by atoms with Gasteiger partial charge in [-0.1, -0.05) is 62.4 Å². The molecule has 2 aromatic carbocycles. The van der Waals surface area contributed by atoms with Crippen molar-refractivity contribution >= 4 is 18.0 Å². The highest BCUT2D eigenvalue weighted by molar-refractivity contribution is 5.86. The van der Waals surface area contributed by atoms with Crippen LogP contribution in [-0.2, 0) is 14.3 Å². The fourth-order valence-electron chi connectivity index (χ4n) is 4.83. The molecular weight excluding hydrogens is 444 g/mol. The van der Waals surface area contributed by atoms with Gasteiger partial charge in [-0.2, -0.15) is 0 Å². The number of carboxylic acid groups (broad SMARTS) is 1. The highest BCUT2D eigenvalue weighted by Crippen LogP contribution is 2.44. The zero-order valence-corrected chi connectivity index (χ0v) is 20.4. The Bertz CT molecular complexity index is 1030. The number of carboxylic acids is 1. The van der Waals surface area contributed by atoms with Crippen LogP contribution in [0.1, 0.15) is 56.6 Å². The van der Waals surface area contributed by atoms with Crippen LogP contribution in [0.2, 0.25) is 0 Å². The van der Waals surface area contributed by atoms with E-state index in [2.05, 4.69) is 29.6 Å². The highest BCUT2D eigenvalue weighted by atomic mass is 16.5. The van der Waals surface area contributed by atoms with Gasteiger partial charge in [-0.15, -0.1) is 0 Å². The lowest BCUT2D eigenvalue weighted by molar-refractivity contribution is -0.139. The van der Waals surface area contributed by atoms with Crippen molar-refractivity contribution < 1.29 is 24.2 Å². The van der Waals surface area contributed by atoms with Gasteiger partial charge in [-0.25, -0.2) is 4.79 Å². The fourth-order valence-corrected chi connectivity index (χ4v) is 4.83. The first-order valence-corrected chi connectivity index (χ1v) is 12.5. The van der Waals surface area contributed by atoms with Gasteiger partial charge < -0.3 is 20.1 Å². The summed E-state index contributed by atoms with van der Waals surface area (Å²) in [4.78, 5) is 38.9. The monoisotopic (exact) mass is 478 g/mol. The van der Waals surface area contributed by atoms with Crippen molar-refractivity contribution in [2.45, 2.75) is 51.5 Å². The summed E-state index contributed by atoms with van der Waals surface area (Å²) in [6, 6.07) is 15.5. The number of amides is 2. The molecule has 7 heteroatoms. The predicted molar refractivity (Wildman–Crippen MR) is 133 cm³/mol. The van der Waals surface area contributed by atoms with Crippen LogP contribution < -0.4 is 5.32 Å². The number of hydrogen-bond acceptors (Lipinski definition) is 4. The van der Waals surface area contributed by atoms with E-state index in [0.29, 0.717) is 18.9 Å². The van der Waals surface area contributed by atoms with Crippen molar-refractivity contribution in [3.05, 3.63) is 59.7 Å². The number of carbonyl (C=O) groups is 3. The Kier molecular flexibility index (Phi) is 7.73. The van der Waals surface area contributed by atoms with Gasteiger partial charge in [0.05, 0.1) is 6.42 Å². The molecule has 1 fully saturated rings. The Labute approximate surface area is 206 Å². The molecule has 2 amide bonds. The minimum atomic E-state index is -0.941. The molecule has 0 aliphatic heterocycles. The zero-order valence-electron chi connectivity index (χ0n) is 20.4. The van der Waals surface area contributed by atoms with E-state index in [4.69, 9.17) is 9.84 Å². The average Bonchev–Trinajstić information content (AvgIpc) is 3.60. The first kappa shape index (κ1) is 24.8. The maximum Gasteiger partial charge on any atom is 0.407 e. The number of alkyl carbamates (subject to hydrolysis) is 1. The van der Waals surface area contributed by atoms with Gasteiger partial charge in [-0.05, 0) is 53.4 Å². The van der Waals surface area contributed by atoms with Gasteiger partial charge in [0, 0.05) is 19.0 Å². The van der Waals surface area contributed by atoms with Crippen LogP contribution in [0.3, 0.4) is 0 Å². The largest absolute Gasteiger partial charge is 0.481 e. The molecule has 0 radical (unpaired) electrons. The first-order chi connectivity index (χ1) is 16.8. The van der Waals surface area contributed by atoms with E-state index in [9.17, 15) is 14.4 Å². The van der Waals surface area contributed by atoms with E-state index in [-0.39, 0.29) is 37.3 Å². The third-order valence-corrected chi connectivity index (χ3v) is 6.72. The zero-order chi connectivity index (χ0) is 24.9. The maximum atomic E-state index is 13.3. The van der Waals surface area contributed by atoms with E-state index < -0.39 is 18.1 Å². The molecule has 1 unspecified atom stereocenters. The van der Waals surface area contributed by atoms with Crippen LogP contribution in [0, 0.1) is 11.8 Å². The topological polar surface area (TPSA) is 95.9 Å². The van der Waals surface area contributed by atoms with E-state index in [1.807, 2.05) is 38.1 Å². The molecule has 2 aliphatic rings. The molecule has 1 atom stereocenters. The summed E-state index contributed by atoms with van der Waals surface area (Å²) in [5.74, 6) is -0.653. The molecule has 2 N–H and O–H groups in total. The first-order valence-electron chi connectivity index (χ1n) is 12.5. The minimum absolute atomic E-state index is 0.0608. The molecule has 4 rings (SSSR count). The SMILES string of the molecule is CC(C)CC(NC(=O)OCC1c2ccccc2-c2ccccc21)C(=O)N(CCC(=O)O)CC1CC1. The summed E-state index contributed by atoms with van der Waals surface area (Å²) < 4.78 is 5.66. The molecule has 1 saturated carbocycles. The molecular formula is C28H34N2O5. The summed E-state index contributed by atoms with van der Waals surface area (Å²) >= 11 is 0. The van der Waals surface area contributed by atoms with E-state index in [1.54, 1.807) is 4.90 Å². The van der Waals surface area contributed by atoms with Crippen molar-refractivity contribution in [2.24, 2.45) is 11.8 Å². The van der Waals surface area contributed by atoms with Crippen LogP contribution in [0.15, 0.2) is 48.5 Å². The number of hydrogen-bond donors (Lipinski definition) is 2. The summed E-state index contributed by atoms with van der Waals surface area (Å²) in [5.41, 5.74) is 4.56. The third kappa shape index (κ3) is 6.21. The molecule has 7 nitrogen and oxygen atoms in total. The highest BCUT2D eigenvalue weighted by Gasteiger charge is 2.33. The Hall–Kier alpha value is -3.35. The summed E-state index contributed by atoms with van der Waals surface area (Å²) in [6.07, 6.45) is 1.81. The molecule has 0 saturated heterocycles. The Morgan fingerprint density at radius 3 is 2.17 bits per heavy atom. The number of benzene rings is 2. The van der Waals surface area contributed by atoms with E-state index >= 15 is 0 Å². The molecule has 0 aromatic heterocycles. The van der Waals surface area contributed by atoms with Crippen molar-refractivity contribution in [2.75, 3.05) is 19.7 Å². The van der Waals surface area contributed by atoms with Gasteiger partial charge in [0.2, 0.25) is 5.91 Å². The lowest BCUT2D eigenvalue weighted by Crippen LogP contribution is -2.50. The Balaban J connectivity index is 1.42. The lowest BCUT2D eigenvalue weighted by atomic mass is 9.98. The number of rotatable bonds is 11. The van der Waals surface area contributed by atoms with Gasteiger partial charge in [0.25, 0.3) is 0 Å². The summed E-state index contributed by atoms with van der Waals surface area (Å²) in [5, 5.41) is 11.9. The summed E-state index contributed by atoms with van der Waals surface area (Å²) in [7, 11) is 0. The van der Waals surface area contributed by atoms with E-state index in [1.165, 1.54) is 0 Å². The molecule has 0 heterocycles. The fraction of sp³-hybridized carbons (Fsp3) is 0.464. The van der Waals surface area contributed by atoms with Crippen molar-refractivity contribution in [1.82, 2.24) is 10.2 Å². The van der Waals surface area contributed by atoms with Crippen molar-refractivity contribution in [3.8, 4) is 11.1 Å². The molecule has 0 spiro atoms. The maximum absolute atomic E-state index is 13.3. The standard InChI is InChI=1S/C28H34N2O5/c1-18(2)15-25(27(33)30(14-13-26(31)32)16-19-11-12-19)29-28(34)35-17-24-22-9-5-3-7-20(22)21-8-4-6-10-23(21)24/h3-10,18-19,24-25H,11-17H2,1-2H3,(H,29,34)(H,31,32). The number of aliphatic carboxylic acids is 1. The van der Waals surface area contributed by atoms with Crippen LogP contribution in [0.4, 0.5) is 4.79 Å². The Morgan fingerprint density at radius 2 is 1.63 bits per heavy atom. The number of ether oxygens (including phenoxy) is 1. The molecule has 2 aliphatic carbocycles. The van der Waals surface area contributed by atoms with Crippen molar-refractivity contribution in [1.29, 1.82) is 0 Å². The van der Waals surface area contributed by atoms with Crippen LogP contribution in [-0.4, -0.2) is 53.7 Å². The molecule has 2 aromatic rings. The van der Waals surface area contributed by atoms with E-state index in [0.717, 1.165) is 35.1 Å². The summed E-state index contributed by atoms with van der Waals surface area (Å²) in [6.45, 7) is 4.83.